The van der Waals surface area contributed by atoms with Gasteiger partial charge in [0.05, 0.1) is 32.5 Å². The van der Waals surface area contributed by atoms with Crippen LogP contribution >= 0.6 is 11.6 Å². The third kappa shape index (κ3) is 4.13. The Morgan fingerprint density at radius 1 is 1.18 bits per heavy atom. The molecule has 3 aromatic rings. The molecule has 0 atom stereocenters. The SMILES string of the molecule is CC1=NN(c2ccc(Cl)c(C(=O)O)c2)C(=O)C1=Cc1ccc(-c2cc([N+](=O)[O-])ccc2C)o1. The van der Waals surface area contributed by atoms with E-state index in [4.69, 9.17) is 16.0 Å². The van der Waals surface area contributed by atoms with Crippen molar-refractivity contribution in [3.63, 3.8) is 0 Å². The Kier molecular flexibility index (Phi) is 5.57. The van der Waals surface area contributed by atoms with E-state index in [2.05, 4.69) is 5.10 Å². The van der Waals surface area contributed by atoms with Crippen molar-refractivity contribution in [1.29, 1.82) is 0 Å². The molecule has 1 aliphatic heterocycles. The maximum Gasteiger partial charge on any atom is 0.337 e. The molecule has 0 radical (unpaired) electrons. The molecule has 0 fully saturated rings. The summed E-state index contributed by atoms with van der Waals surface area (Å²) >= 11 is 5.91. The highest BCUT2D eigenvalue weighted by Gasteiger charge is 2.30. The number of benzene rings is 2. The van der Waals surface area contributed by atoms with Crippen molar-refractivity contribution >= 4 is 46.6 Å². The second kappa shape index (κ2) is 8.36. The summed E-state index contributed by atoms with van der Waals surface area (Å²) in [4.78, 5) is 35.0. The zero-order valence-corrected chi connectivity index (χ0v) is 18.2. The molecule has 0 bridgehead atoms. The zero-order valence-electron chi connectivity index (χ0n) is 17.4. The largest absolute Gasteiger partial charge is 0.478 e. The molecule has 0 saturated heterocycles. The number of carboxylic acid groups (broad SMARTS) is 1. The second-order valence-corrected chi connectivity index (χ2v) is 7.70. The number of non-ortho nitro benzene ring substituents is 1. The minimum Gasteiger partial charge on any atom is -0.478 e. The first kappa shape index (κ1) is 22.0. The third-order valence-electron chi connectivity index (χ3n) is 5.10. The number of nitrogens with zero attached hydrogens (tertiary/aromatic N) is 3. The van der Waals surface area contributed by atoms with Gasteiger partial charge in [0.15, 0.2) is 0 Å². The van der Waals surface area contributed by atoms with Gasteiger partial charge in [0, 0.05) is 17.7 Å². The summed E-state index contributed by atoms with van der Waals surface area (Å²) in [5.74, 6) is -0.901. The number of hydrogen-bond acceptors (Lipinski definition) is 6. The summed E-state index contributed by atoms with van der Waals surface area (Å²) in [6, 6.07) is 12.0. The van der Waals surface area contributed by atoms with Crippen LogP contribution in [0.15, 0.2) is 63.6 Å². The molecule has 1 amide bonds. The van der Waals surface area contributed by atoms with Crippen LogP contribution in [0.1, 0.15) is 28.6 Å². The normalized spacial score (nSPS) is 14.6. The van der Waals surface area contributed by atoms with Crippen LogP contribution in [0.2, 0.25) is 5.02 Å². The number of furan rings is 1. The third-order valence-corrected chi connectivity index (χ3v) is 5.43. The van der Waals surface area contributed by atoms with Crippen molar-refractivity contribution in [2.24, 2.45) is 5.10 Å². The molecule has 33 heavy (non-hydrogen) atoms. The van der Waals surface area contributed by atoms with Gasteiger partial charge in [0.1, 0.15) is 11.5 Å². The van der Waals surface area contributed by atoms with E-state index in [9.17, 15) is 24.8 Å². The van der Waals surface area contributed by atoms with Crippen LogP contribution in [0.5, 0.6) is 0 Å². The monoisotopic (exact) mass is 465 g/mol. The summed E-state index contributed by atoms with van der Waals surface area (Å²) in [6.07, 6.45) is 1.52. The summed E-state index contributed by atoms with van der Waals surface area (Å²) in [5, 5.41) is 25.8. The molecule has 1 aromatic heterocycles. The first-order chi connectivity index (χ1) is 15.7. The maximum absolute atomic E-state index is 13.0. The highest BCUT2D eigenvalue weighted by atomic mass is 35.5. The van der Waals surface area contributed by atoms with Gasteiger partial charge >= 0.3 is 5.97 Å². The molecule has 9 nitrogen and oxygen atoms in total. The zero-order chi connectivity index (χ0) is 23.9. The molecule has 1 aliphatic rings. The van der Waals surface area contributed by atoms with Gasteiger partial charge in [-0.1, -0.05) is 17.7 Å². The van der Waals surface area contributed by atoms with Gasteiger partial charge in [-0.2, -0.15) is 10.1 Å². The molecule has 0 spiro atoms. The lowest BCUT2D eigenvalue weighted by Gasteiger charge is -2.12. The van der Waals surface area contributed by atoms with Gasteiger partial charge in [-0.15, -0.1) is 0 Å². The number of carboxylic acids is 1. The molecule has 0 saturated carbocycles. The molecule has 2 heterocycles. The van der Waals surface area contributed by atoms with Gasteiger partial charge in [-0.3, -0.25) is 14.9 Å². The Morgan fingerprint density at radius 3 is 2.64 bits per heavy atom. The average Bonchev–Trinajstić information content (AvgIpc) is 3.34. The Bertz CT molecular complexity index is 1390. The number of carbonyl (C=O) groups is 2. The van der Waals surface area contributed by atoms with Crippen molar-refractivity contribution in [3.8, 4) is 11.3 Å². The Hall–Kier alpha value is -4.24. The Balaban J connectivity index is 1.65. The number of hydrazone groups is 1. The van der Waals surface area contributed by atoms with E-state index in [0.29, 0.717) is 22.8 Å². The van der Waals surface area contributed by atoms with Gasteiger partial charge in [-0.25, -0.2) is 4.79 Å². The number of carbonyl (C=O) groups excluding carboxylic acids is 1. The summed E-state index contributed by atoms with van der Waals surface area (Å²) in [6.45, 7) is 3.46. The molecule has 4 rings (SSSR count). The number of halogens is 1. The number of aromatic carboxylic acids is 1. The summed E-state index contributed by atoms with van der Waals surface area (Å²) < 4.78 is 5.83. The van der Waals surface area contributed by atoms with E-state index < -0.39 is 16.8 Å². The summed E-state index contributed by atoms with van der Waals surface area (Å²) in [5.41, 5.74) is 2.11. The molecule has 166 valence electrons. The lowest BCUT2D eigenvalue weighted by molar-refractivity contribution is -0.384. The van der Waals surface area contributed by atoms with E-state index in [1.165, 1.54) is 36.4 Å². The average molecular weight is 466 g/mol. The Morgan fingerprint density at radius 2 is 1.94 bits per heavy atom. The number of rotatable bonds is 5. The molecule has 1 N–H and O–H groups in total. The molecular formula is C23H16ClN3O6. The number of amides is 1. The molecule has 2 aromatic carbocycles. The van der Waals surface area contributed by atoms with Gasteiger partial charge in [0.2, 0.25) is 0 Å². The van der Waals surface area contributed by atoms with E-state index in [1.807, 2.05) is 6.92 Å². The predicted molar refractivity (Wildman–Crippen MR) is 123 cm³/mol. The highest BCUT2D eigenvalue weighted by molar-refractivity contribution is 6.34. The van der Waals surface area contributed by atoms with Crippen molar-refractivity contribution in [2.45, 2.75) is 13.8 Å². The number of hydrogen-bond donors (Lipinski definition) is 1. The smallest absolute Gasteiger partial charge is 0.337 e. The maximum atomic E-state index is 13.0. The lowest BCUT2D eigenvalue weighted by atomic mass is 10.1. The first-order valence-corrected chi connectivity index (χ1v) is 10.0. The summed E-state index contributed by atoms with van der Waals surface area (Å²) in [7, 11) is 0. The fourth-order valence-electron chi connectivity index (χ4n) is 3.37. The Labute approximate surface area is 192 Å². The molecule has 10 heteroatoms. The molecule has 0 unspecified atom stereocenters. The van der Waals surface area contributed by atoms with Crippen LogP contribution in [0, 0.1) is 17.0 Å². The topological polar surface area (TPSA) is 126 Å². The first-order valence-electron chi connectivity index (χ1n) is 9.65. The van der Waals surface area contributed by atoms with Crippen LogP contribution in [0.4, 0.5) is 11.4 Å². The van der Waals surface area contributed by atoms with Crippen molar-refractivity contribution in [3.05, 3.63) is 86.1 Å². The number of nitro benzene ring substituents is 1. The predicted octanol–water partition coefficient (Wildman–Crippen LogP) is 5.32. The van der Waals surface area contributed by atoms with Crippen LogP contribution in [0.25, 0.3) is 17.4 Å². The fourth-order valence-corrected chi connectivity index (χ4v) is 3.57. The number of anilines is 1. The quantitative estimate of drug-likeness (QED) is 0.308. The van der Waals surface area contributed by atoms with E-state index in [0.717, 1.165) is 10.6 Å². The molecular weight excluding hydrogens is 450 g/mol. The molecule has 0 aliphatic carbocycles. The van der Waals surface area contributed by atoms with Crippen molar-refractivity contribution in [1.82, 2.24) is 0 Å². The van der Waals surface area contributed by atoms with E-state index >= 15 is 0 Å². The van der Waals surface area contributed by atoms with E-state index in [-0.39, 0.29) is 27.5 Å². The number of nitro groups is 1. The minimum atomic E-state index is -1.22. The van der Waals surface area contributed by atoms with Gasteiger partial charge in [-0.05, 0) is 55.8 Å². The van der Waals surface area contributed by atoms with Gasteiger partial charge < -0.3 is 9.52 Å². The fraction of sp³-hybridized carbons (Fsp3) is 0.0870. The minimum absolute atomic E-state index is 0.0499. The van der Waals surface area contributed by atoms with Crippen LogP contribution in [-0.4, -0.2) is 27.6 Å². The second-order valence-electron chi connectivity index (χ2n) is 7.29. The standard InChI is InChI=1S/C23H16ClN3O6/c1-12-3-4-15(27(31)32)10-17(12)21-8-6-16(33-21)11-18-13(2)25-26(22(18)28)14-5-7-20(24)19(9-14)23(29)30/h3-11H,1-2H3,(H,29,30). The van der Waals surface area contributed by atoms with Crippen molar-refractivity contribution < 1.29 is 24.0 Å². The van der Waals surface area contributed by atoms with Gasteiger partial charge in [0.25, 0.3) is 11.6 Å². The van der Waals surface area contributed by atoms with Crippen LogP contribution in [0.3, 0.4) is 0 Å². The number of aryl methyl sites for hydroxylation is 1. The van der Waals surface area contributed by atoms with Crippen molar-refractivity contribution in [2.75, 3.05) is 5.01 Å². The van der Waals surface area contributed by atoms with E-state index in [1.54, 1.807) is 25.1 Å². The van der Waals surface area contributed by atoms with Crippen LogP contribution in [-0.2, 0) is 4.79 Å². The van der Waals surface area contributed by atoms with Crippen LogP contribution < -0.4 is 5.01 Å². The highest BCUT2D eigenvalue weighted by Crippen LogP contribution is 2.32. The lowest BCUT2D eigenvalue weighted by Crippen LogP contribution is -2.21.